The van der Waals surface area contributed by atoms with Crippen LogP contribution in [0.2, 0.25) is 0 Å². The summed E-state index contributed by atoms with van der Waals surface area (Å²) in [4.78, 5) is 18.7. The van der Waals surface area contributed by atoms with E-state index in [0.29, 0.717) is 37.4 Å². The Labute approximate surface area is 232 Å². The van der Waals surface area contributed by atoms with Crippen LogP contribution in [-0.2, 0) is 19.6 Å². The summed E-state index contributed by atoms with van der Waals surface area (Å²) in [5, 5.41) is 13.7. The maximum atomic E-state index is 13.5. The molecule has 0 unspecified atom stereocenters. The van der Waals surface area contributed by atoms with Crippen LogP contribution < -0.4 is 10.3 Å². The summed E-state index contributed by atoms with van der Waals surface area (Å²) < 4.78 is 20.6. The van der Waals surface area contributed by atoms with Crippen LogP contribution in [0.1, 0.15) is 53.0 Å². The van der Waals surface area contributed by atoms with Gasteiger partial charge in [-0.3, -0.25) is 9.69 Å². The lowest BCUT2D eigenvalue weighted by Crippen LogP contribution is -2.32. The van der Waals surface area contributed by atoms with Gasteiger partial charge in [0.15, 0.2) is 5.82 Å². The van der Waals surface area contributed by atoms with Crippen molar-refractivity contribution in [2.45, 2.75) is 52.9 Å². The van der Waals surface area contributed by atoms with E-state index in [1.807, 2.05) is 43.3 Å². The fraction of sp³-hybridized carbons (Fsp3) is 0.290. The molecular formula is C31H33FN6O2. The van der Waals surface area contributed by atoms with Gasteiger partial charge in [-0.25, -0.2) is 9.07 Å². The highest BCUT2D eigenvalue weighted by atomic mass is 19.1. The molecule has 8 nitrogen and oxygen atoms in total. The Morgan fingerprint density at radius 2 is 1.68 bits per heavy atom. The first kappa shape index (κ1) is 27.2. The van der Waals surface area contributed by atoms with E-state index in [4.69, 9.17) is 4.74 Å². The minimum atomic E-state index is -0.288. The smallest absolute Gasteiger partial charge is 0.252 e. The van der Waals surface area contributed by atoms with E-state index in [9.17, 15) is 9.18 Å². The summed E-state index contributed by atoms with van der Waals surface area (Å²) in [6, 6.07) is 20.2. The van der Waals surface area contributed by atoms with Gasteiger partial charge in [-0.15, -0.1) is 5.10 Å². The number of fused-ring (bicyclic) bond motifs is 1. The van der Waals surface area contributed by atoms with Crippen LogP contribution in [0.15, 0.2) is 71.5 Å². The molecule has 0 aliphatic heterocycles. The predicted molar refractivity (Wildman–Crippen MR) is 153 cm³/mol. The van der Waals surface area contributed by atoms with Gasteiger partial charge in [0, 0.05) is 24.0 Å². The lowest BCUT2D eigenvalue weighted by molar-refractivity contribution is 0.161. The van der Waals surface area contributed by atoms with Crippen LogP contribution in [0.4, 0.5) is 4.39 Å². The van der Waals surface area contributed by atoms with Crippen molar-refractivity contribution < 1.29 is 9.13 Å². The number of ether oxygens (including phenoxy) is 1. The van der Waals surface area contributed by atoms with Crippen LogP contribution in [-0.4, -0.2) is 37.2 Å². The Balaban J connectivity index is 1.53. The fourth-order valence-corrected chi connectivity index (χ4v) is 5.13. The molecule has 9 heteroatoms. The zero-order valence-corrected chi connectivity index (χ0v) is 23.2. The van der Waals surface area contributed by atoms with Crippen molar-refractivity contribution in [2.24, 2.45) is 0 Å². The molecule has 1 N–H and O–H groups in total. The van der Waals surface area contributed by atoms with Gasteiger partial charge in [0.1, 0.15) is 11.6 Å². The molecule has 0 bridgehead atoms. The van der Waals surface area contributed by atoms with Gasteiger partial charge in [0.2, 0.25) is 0 Å². The summed E-state index contributed by atoms with van der Waals surface area (Å²) in [5.41, 5.74) is 5.53. The number of nitrogens with zero attached hydrogens (tertiary/aromatic N) is 5. The number of methoxy groups -OCH3 is 1. The average molecular weight is 541 g/mol. The lowest BCUT2D eigenvalue weighted by Gasteiger charge is -2.30. The number of benzene rings is 3. The summed E-state index contributed by atoms with van der Waals surface area (Å²) in [6.07, 6.45) is 0.712. The number of aromatic nitrogens is 5. The maximum absolute atomic E-state index is 13.5. The number of tetrazole rings is 1. The largest absolute Gasteiger partial charge is 0.497 e. The van der Waals surface area contributed by atoms with Crippen molar-refractivity contribution in [3.05, 3.63) is 117 Å². The minimum Gasteiger partial charge on any atom is -0.497 e. The molecule has 0 saturated heterocycles. The molecule has 5 aromatic rings. The molecule has 1 atom stereocenters. The number of hydrogen-bond donors (Lipinski definition) is 1. The molecule has 206 valence electrons. The standard InChI is InChI=1S/C31H33FN6O2/c1-5-28(30-34-35-36-38(30)18-23-8-12-25(32)13-9-23)37(17-22-10-14-26(40-4)15-11-22)19-24-16-27-20(2)6-7-21(3)29(27)33-31(24)39/h6-16,28H,5,17-19H2,1-4H3,(H,33,39)/t28-/m0/s1. The van der Waals surface area contributed by atoms with Gasteiger partial charge >= 0.3 is 0 Å². The van der Waals surface area contributed by atoms with Crippen LogP contribution >= 0.6 is 0 Å². The molecule has 2 aromatic heterocycles. The van der Waals surface area contributed by atoms with E-state index in [1.165, 1.54) is 12.1 Å². The van der Waals surface area contributed by atoms with Crippen molar-refractivity contribution in [3.8, 4) is 5.75 Å². The van der Waals surface area contributed by atoms with Gasteiger partial charge in [-0.05, 0) is 83.3 Å². The molecule has 0 fully saturated rings. The first-order valence-electron chi connectivity index (χ1n) is 13.4. The second kappa shape index (κ2) is 11.8. The topological polar surface area (TPSA) is 88.9 Å². The van der Waals surface area contributed by atoms with Crippen molar-refractivity contribution in [2.75, 3.05) is 7.11 Å². The van der Waals surface area contributed by atoms with E-state index in [-0.39, 0.29) is 17.4 Å². The van der Waals surface area contributed by atoms with Crippen molar-refractivity contribution in [1.29, 1.82) is 0 Å². The second-order valence-corrected chi connectivity index (χ2v) is 10.1. The van der Waals surface area contributed by atoms with Crippen LogP contribution in [0.25, 0.3) is 10.9 Å². The third-order valence-corrected chi connectivity index (χ3v) is 7.37. The van der Waals surface area contributed by atoms with Crippen LogP contribution in [0.3, 0.4) is 0 Å². The van der Waals surface area contributed by atoms with E-state index in [0.717, 1.165) is 38.9 Å². The fourth-order valence-electron chi connectivity index (χ4n) is 5.13. The first-order valence-corrected chi connectivity index (χ1v) is 13.4. The molecule has 5 rings (SSSR count). The third kappa shape index (κ3) is 5.79. The van der Waals surface area contributed by atoms with Gasteiger partial charge in [-0.2, -0.15) is 0 Å². The van der Waals surface area contributed by atoms with Gasteiger partial charge in [0.05, 0.1) is 25.2 Å². The molecular weight excluding hydrogens is 507 g/mol. The Kier molecular flexibility index (Phi) is 8.02. The molecule has 0 amide bonds. The SMILES string of the molecule is CC[C@@H](c1nnnn1Cc1ccc(F)cc1)N(Cc1ccc(OC)cc1)Cc1cc2c(C)ccc(C)c2[nH]c1=O. The number of nitrogens with one attached hydrogen (secondary N) is 1. The molecule has 3 aromatic carbocycles. The minimum absolute atomic E-state index is 0.110. The highest BCUT2D eigenvalue weighted by molar-refractivity contribution is 5.85. The number of H-pyrrole nitrogens is 1. The molecule has 0 aliphatic rings. The molecule has 40 heavy (non-hydrogen) atoms. The number of aromatic amines is 1. The van der Waals surface area contributed by atoms with Crippen LogP contribution in [0.5, 0.6) is 5.75 Å². The van der Waals surface area contributed by atoms with Crippen molar-refractivity contribution in [1.82, 2.24) is 30.1 Å². The van der Waals surface area contributed by atoms with Gasteiger partial charge in [0.25, 0.3) is 5.56 Å². The van der Waals surface area contributed by atoms with Crippen LogP contribution in [0, 0.1) is 19.7 Å². The molecule has 0 radical (unpaired) electrons. The highest BCUT2D eigenvalue weighted by Crippen LogP contribution is 2.28. The summed E-state index contributed by atoms with van der Waals surface area (Å²) in [6.45, 7) is 7.51. The normalized spacial score (nSPS) is 12.2. The zero-order valence-electron chi connectivity index (χ0n) is 23.2. The molecule has 0 saturated carbocycles. The summed E-state index contributed by atoms with van der Waals surface area (Å²) >= 11 is 0. The average Bonchev–Trinajstić information content (AvgIpc) is 3.41. The predicted octanol–water partition coefficient (Wildman–Crippen LogP) is 5.48. The number of rotatable bonds is 10. The van der Waals surface area contributed by atoms with Crippen molar-refractivity contribution in [3.63, 3.8) is 0 Å². The number of halogens is 1. The maximum Gasteiger partial charge on any atom is 0.252 e. The molecule has 2 heterocycles. The van der Waals surface area contributed by atoms with Crippen molar-refractivity contribution >= 4 is 10.9 Å². The van der Waals surface area contributed by atoms with E-state index >= 15 is 0 Å². The quantitative estimate of drug-likeness (QED) is 0.252. The Bertz CT molecular complexity index is 1660. The zero-order chi connectivity index (χ0) is 28.2. The van der Waals surface area contributed by atoms with E-state index < -0.39 is 0 Å². The van der Waals surface area contributed by atoms with Gasteiger partial charge in [-0.1, -0.05) is 43.3 Å². The first-order chi connectivity index (χ1) is 19.4. The Morgan fingerprint density at radius 3 is 2.38 bits per heavy atom. The number of aryl methyl sites for hydroxylation is 2. The third-order valence-electron chi connectivity index (χ3n) is 7.37. The summed E-state index contributed by atoms with van der Waals surface area (Å²) in [7, 11) is 1.64. The highest BCUT2D eigenvalue weighted by Gasteiger charge is 2.26. The molecule has 0 spiro atoms. The number of hydrogen-bond acceptors (Lipinski definition) is 6. The molecule has 0 aliphatic carbocycles. The monoisotopic (exact) mass is 540 g/mol. The lowest BCUT2D eigenvalue weighted by atomic mass is 10.0. The Morgan fingerprint density at radius 1 is 0.975 bits per heavy atom. The van der Waals surface area contributed by atoms with E-state index in [1.54, 1.807) is 23.9 Å². The Hall–Kier alpha value is -4.37. The summed E-state index contributed by atoms with van der Waals surface area (Å²) in [5.74, 6) is 1.18. The van der Waals surface area contributed by atoms with E-state index in [2.05, 4.69) is 45.3 Å². The second-order valence-electron chi connectivity index (χ2n) is 10.1. The van der Waals surface area contributed by atoms with Gasteiger partial charge < -0.3 is 9.72 Å². The number of pyridine rings is 1.